The molecule has 0 atom stereocenters. The molecule has 1 amide bonds. The average Bonchev–Trinajstić information content (AvgIpc) is 3.00. The zero-order chi connectivity index (χ0) is 16.4. The van der Waals surface area contributed by atoms with Crippen molar-refractivity contribution >= 4 is 32.7 Å². The molecule has 1 heterocycles. The van der Waals surface area contributed by atoms with Crippen molar-refractivity contribution in [2.45, 2.75) is 19.9 Å². The zero-order valence-electron chi connectivity index (χ0n) is 13.3. The van der Waals surface area contributed by atoms with Crippen molar-refractivity contribution in [3.05, 3.63) is 69.8 Å². The number of H-pyrrole nitrogens is 1. The SMILES string of the molecule is Cc1ccc(CC(=O)N(C)Cc2cccc3[nH]ccc23)cc1Br. The van der Waals surface area contributed by atoms with Crippen molar-refractivity contribution in [3.63, 3.8) is 0 Å². The summed E-state index contributed by atoms with van der Waals surface area (Å²) in [6.45, 7) is 2.65. The summed E-state index contributed by atoms with van der Waals surface area (Å²) in [5.41, 5.74) is 4.46. The van der Waals surface area contributed by atoms with Gasteiger partial charge in [0.05, 0.1) is 6.42 Å². The Balaban J connectivity index is 1.72. The summed E-state index contributed by atoms with van der Waals surface area (Å²) in [5, 5.41) is 1.17. The van der Waals surface area contributed by atoms with Gasteiger partial charge in [-0.05, 0) is 41.8 Å². The highest BCUT2D eigenvalue weighted by atomic mass is 79.9. The summed E-state index contributed by atoms with van der Waals surface area (Å²) < 4.78 is 1.04. The topological polar surface area (TPSA) is 36.1 Å². The molecule has 0 saturated carbocycles. The summed E-state index contributed by atoms with van der Waals surface area (Å²) in [6.07, 6.45) is 2.35. The second-order valence-corrected chi connectivity index (χ2v) is 6.72. The number of nitrogens with one attached hydrogen (secondary N) is 1. The highest BCUT2D eigenvalue weighted by Gasteiger charge is 2.12. The number of rotatable bonds is 4. The van der Waals surface area contributed by atoms with Gasteiger partial charge in [-0.25, -0.2) is 0 Å². The normalized spacial score (nSPS) is 10.9. The molecule has 1 N–H and O–H groups in total. The fraction of sp³-hybridized carbons (Fsp3) is 0.211. The predicted molar refractivity (Wildman–Crippen MR) is 97.4 cm³/mol. The molecule has 0 spiro atoms. The molecular formula is C19H19BrN2O. The number of aryl methyl sites for hydroxylation is 1. The monoisotopic (exact) mass is 370 g/mol. The van der Waals surface area contributed by atoms with Crippen LogP contribution in [0.5, 0.6) is 0 Å². The van der Waals surface area contributed by atoms with Crippen LogP contribution >= 0.6 is 15.9 Å². The van der Waals surface area contributed by atoms with E-state index in [1.807, 2.05) is 50.5 Å². The van der Waals surface area contributed by atoms with Gasteiger partial charge in [-0.3, -0.25) is 4.79 Å². The van der Waals surface area contributed by atoms with Gasteiger partial charge >= 0.3 is 0 Å². The summed E-state index contributed by atoms with van der Waals surface area (Å²) in [6, 6.07) is 14.3. The van der Waals surface area contributed by atoms with E-state index >= 15 is 0 Å². The molecule has 0 aliphatic carbocycles. The number of carbonyl (C=O) groups excluding carboxylic acids is 1. The van der Waals surface area contributed by atoms with Crippen molar-refractivity contribution < 1.29 is 4.79 Å². The molecule has 118 valence electrons. The number of hydrogen-bond acceptors (Lipinski definition) is 1. The Morgan fingerprint density at radius 2 is 2.04 bits per heavy atom. The first-order chi connectivity index (χ1) is 11.0. The zero-order valence-corrected chi connectivity index (χ0v) is 14.9. The second kappa shape index (κ2) is 6.59. The van der Waals surface area contributed by atoms with Crippen LogP contribution in [0, 0.1) is 6.92 Å². The van der Waals surface area contributed by atoms with Gasteiger partial charge in [-0.15, -0.1) is 0 Å². The number of carbonyl (C=O) groups is 1. The lowest BCUT2D eigenvalue weighted by Crippen LogP contribution is -2.27. The first kappa shape index (κ1) is 15.8. The molecule has 0 bridgehead atoms. The van der Waals surface area contributed by atoms with Crippen LogP contribution in [0.15, 0.2) is 53.1 Å². The third-order valence-electron chi connectivity index (χ3n) is 4.11. The number of hydrogen-bond donors (Lipinski definition) is 1. The van der Waals surface area contributed by atoms with Crippen LogP contribution in [-0.2, 0) is 17.8 Å². The van der Waals surface area contributed by atoms with E-state index in [0.717, 1.165) is 21.1 Å². The Morgan fingerprint density at radius 3 is 2.83 bits per heavy atom. The molecule has 3 nitrogen and oxygen atoms in total. The van der Waals surface area contributed by atoms with Crippen LogP contribution < -0.4 is 0 Å². The Bertz CT molecular complexity index is 853. The maximum atomic E-state index is 12.5. The van der Waals surface area contributed by atoms with E-state index in [1.165, 1.54) is 10.9 Å². The average molecular weight is 371 g/mol. The fourth-order valence-corrected chi connectivity index (χ4v) is 3.11. The quantitative estimate of drug-likeness (QED) is 0.723. The van der Waals surface area contributed by atoms with Crippen LogP contribution in [0.25, 0.3) is 10.9 Å². The minimum Gasteiger partial charge on any atom is -0.361 e. The summed E-state index contributed by atoms with van der Waals surface area (Å²) in [7, 11) is 1.86. The molecular weight excluding hydrogens is 352 g/mol. The minimum absolute atomic E-state index is 0.119. The number of aromatic nitrogens is 1. The summed E-state index contributed by atoms with van der Waals surface area (Å²) in [4.78, 5) is 17.5. The largest absolute Gasteiger partial charge is 0.361 e. The van der Waals surface area contributed by atoms with E-state index in [1.54, 1.807) is 4.90 Å². The number of amides is 1. The molecule has 2 aromatic carbocycles. The van der Waals surface area contributed by atoms with Crippen LogP contribution in [0.2, 0.25) is 0 Å². The lowest BCUT2D eigenvalue weighted by atomic mass is 10.1. The lowest BCUT2D eigenvalue weighted by Gasteiger charge is -2.18. The van der Waals surface area contributed by atoms with Crippen molar-refractivity contribution in [3.8, 4) is 0 Å². The summed E-state index contributed by atoms with van der Waals surface area (Å²) >= 11 is 3.52. The van der Waals surface area contributed by atoms with E-state index < -0.39 is 0 Å². The van der Waals surface area contributed by atoms with Gasteiger partial charge in [-0.2, -0.15) is 0 Å². The molecule has 0 aliphatic heterocycles. The van der Waals surface area contributed by atoms with Crippen molar-refractivity contribution in [1.82, 2.24) is 9.88 Å². The van der Waals surface area contributed by atoms with Gasteiger partial charge in [0.15, 0.2) is 0 Å². The maximum absolute atomic E-state index is 12.5. The lowest BCUT2D eigenvalue weighted by molar-refractivity contribution is -0.129. The van der Waals surface area contributed by atoms with Gasteiger partial charge in [0.2, 0.25) is 5.91 Å². The van der Waals surface area contributed by atoms with E-state index in [9.17, 15) is 4.79 Å². The number of nitrogens with zero attached hydrogens (tertiary/aromatic N) is 1. The van der Waals surface area contributed by atoms with Crippen molar-refractivity contribution in [2.75, 3.05) is 7.05 Å². The van der Waals surface area contributed by atoms with Crippen LogP contribution in [-0.4, -0.2) is 22.8 Å². The molecule has 0 saturated heterocycles. The predicted octanol–water partition coefficient (Wildman–Crippen LogP) is 4.44. The standard InChI is InChI=1S/C19H19BrN2O/c1-13-6-7-14(10-17(13)20)11-19(23)22(2)12-15-4-3-5-18-16(15)8-9-21-18/h3-10,21H,11-12H2,1-2H3. The molecule has 0 unspecified atom stereocenters. The first-order valence-electron chi connectivity index (χ1n) is 7.58. The Hall–Kier alpha value is -2.07. The molecule has 23 heavy (non-hydrogen) atoms. The van der Waals surface area contributed by atoms with Gasteiger partial charge in [0.1, 0.15) is 0 Å². The fourth-order valence-electron chi connectivity index (χ4n) is 2.69. The number of aromatic amines is 1. The molecule has 0 radical (unpaired) electrons. The molecule has 4 heteroatoms. The highest BCUT2D eigenvalue weighted by molar-refractivity contribution is 9.10. The van der Waals surface area contributed by atoms with Gasteiger partial charge in [-0.1, -0.05) is 40.2 Å². The smallest absolute Gasteiger partial charge is 0.227 e. The Kier molecular flexibility index (Phi) is 4.53. The minimum atomic E-state index is 0.119. The van der Waals surface area contributed by atoms with Crippen molar-refractivity contribution in [1.29, 1.82) is 0 Å². The van der Waals surface area contributed by atoms with E-state index in [-0.39, 0.29) is 5.91 Å². The number of likely N-dealkylation sites (N-methyl/N-ethyl adjacent to an activating group) is 1. The van der Waals surface area contributed by atoms with Gasteiger partial charge < -0.3 is 9.88 Å². The third kappa shape index (κ3) is 3.48. The van der Waals surface area contributed by atoms with Crippen LogP contribution in [0.1, 0.15) is 16.7 Å². The first-order valence-corrected chi connectivity index (χ1v) is 8.38. The second-order valence-electron chi connectivity index (χ2n) is 5.87. The maximum Gasteiger partial charge on any atom is 0.227 e. The highest BCUT2D eigenvalue weighted by Crippen LogP contribution is 2.20. The van der Waals surface area contributed by atoms with Crippen LogP contribution in [0.3, 0.4) is 0 Å². The molecule has 1 aromatic heterocycles. The van der Waals surface area contributed by atoms with E-state index in [0.29, 0.717) is 13.0 Å². The summed E-state index contributed by atoms with van der Waals surface area (Å²) in [5.74, 6) is 0.119. The van der Waals surface area contributed by atoms with Gasteiger partial charge in [0.25, 0.3) is 0 Å². The number of halogens is 1. The third-order valence-corrected chi connectivity index (χ3v) is 4.96. The van der Waals surface area contributed by atoms with Gasteiger partial charge in [0, 0.05) is 35.2 Å². The molecule has 3 aromatic rings. The Labute approximate surface area is 144 Å². The van der Waals surface area contributed by atoms with E-state index in [4.69, 9.17) is 0 Å². The number of fused-ring (bicyclic) bond motifs is 1. The van der Waals surface area contributed by atoms with Crippen LogP contribution in [0.4, 0.5) is 0 Å². The molecule has 3 rings (SSSR count). The molecule has 0 fully saturated rings. The number of benzene rings is 2. The molecule has 0 aliphatic rings. The van der Waals surface area contributed by atoms with E-state index in [2.05, 4.69) is 33.0 Å². The Morgan fingerprint density at radius 1 is 1.22 bits per heavy atom. The van der Waals surface area contributed by atoms with Crippen molar-refractivity contribution in [2.24, 2.45) is 0 Å².